The monoisotopic (exact) mass is 312 g/mol. The third-order valence-corrected chi connectivity index (χ3v) is 5.30. The second-order valence-electron chi connectivity index (χ2n) is 5.30. The Morgan fingerprint density at radius 3 is 3.00 bits per heavy atom. The van der Waals surface area contributed by atoms with Gasteiger partial charge in [0.05, 0.1) is 19.3 Å². The van der Waals surface area contributed by atoms with Crippen molar-refractivity contribution in [2.24, 2.45) is 4.99 Å². The molecule has 3 aliphatic heterocycles. The van der Waals surface area contributed by atoms with Gasteiger partial charge in [0.25, 0.3) is 0 Å². The first-order valence-corrected chi connectivity index (χ1v) is 7.86. The molecule has 3 N–H and O–H groups in total. The van der Waals surface area contributed by atoms with Crippen molar-refractivity contribution in [2.45, 2.75) is 29.9 Å². The number of aliphatic imine (C=N–C) groups is 1. The van der Waals surface area contributed by atoms with Crippen molar-refractivity contribution in [2.75, 3.05) is 18.9 Å². The highest BCUT2D eigenvalue weighted by molar-refractivity contribution is 7.99. The van der Waals surface area contributed by atoms with Gasteiger partial charge in [0.1, 0.15) is 29.4 Å². The molecule has 3 aliphatic rings. The molecule has 2 fully saturated rings. The number of hydrogen-bond donors (Lipinski definition) is 3. The maximum atomic E-state index is 10.1. The van der Waals surface area contributed by atoms with Gasteiger partial charge in [0.15, 0.2) is 12.0 Å². The number of rotatable bonds is 2. The Morgan fingerprint density at radius 2 is 2.24 bits per heavy atom. The molecule has 0 bridgehead atoms. The first-order chi connectivity index (χ1) is 10.2. The first kappa shape index (κ1) is 13.5. The molecule has 0 aromatic carbocycles. The highest BCUT2D eigenvalue weighted by atomic mass is 32.2. The third kappa shape index (κ3) is 1.92. The molecular weight excluding hydrogens is 296 g/mol. The van der Waals surface area contributed by atoms with Crippen molar-refractivity contribution in [1.29, 1.82) is 0 Å². The predicted molar refractivity (Wildman–Crippen MR) is 75.3 cm³/mol. The van der Waals surface area contributed by atoms with Crippen molar-refractivity contribution in [3.8, 4) is 0 Å². The zero-order valence-corrected chi connectivity index (χ0v) is 11.9. The molecule has 0 aliphatic carbocycles. The Morgan fingerprint density at radius 1 is 1.38 bits per heavy atom. The molecule has 1 aromatic rings. The van der Waals surface area contributed by atoms with Crippen LogP contribution in [0.5, 0.6) is 0 Å². The van der Waals surface area contributed by atoms with Crippen LogP contribution in [0.2, 0.25) is 0 Å². The average Bonchev–Trinajstić information content (AvgIpc) is 3.17. The largest absolute Gasteiger partial charge is 0.394 e. The topological polar surface area (TPSA) is 103 Å². The Bertz CT molecular complexity index is 580. The summed E-state index contributed by atoms with van der Waals surface area (Å²) in [5.41, 5.74) is 0.845. The molecule has 5 unspecified atom stereocenters. The lowest BCUT2D eigenvalue weighted by Crippen LogP contribution is -2.33. The van der Waals surface area contributed by atoms with Crippen molar-refractivity contribution in [3.05, 3.63) is 12.0 Å². The summed E-state index contributed by atoms with van der Waals surface area (Å²) in [6.45, 7) is 0.597. The summed E-state index contributed by atoms with van der Waals surface area (Å²) in [4.78, 5) is 10.9. The van der Waals surface area contributed by atoms with Gasteiger partial charge in [-0.3, -0.25) is 4.57 Å². The van der Waals surface area contributed by atoms with Gasteiger partial charge in [-0.25, -0.2) is 9.98 Å². The third-order valence-electron chi connectivity index (χ3n) is 4.07. The maximum absolute atomic E-state index is 10.1. The van der Waals surface area contributed by atoms with Crippen LogP contribution >= 0.6 is 11.8 Å². The Balaban J connectivity index is 1.68. The summed E-state index contributed by atoms with van der Waals surface area (Å²) in [6, 6.07) is 0. The fourth-order valence-corrected chi connectivity index (χ4v) is 4.15. The number of hydrogen-bond acceptors (Lipinski definition) is 8. The molecule has 0 amide bonds. The molecule has 8 nitrogen and oxygen atoms in total. The number of aromatic nitrogens is 2. The predicted octanol–water partition coefficient (Wildman–Crippen LogP) is -0.785. The van der Waals surface area contributed by atoms with Crippen LogP contribution < -0.4 is 0 Å². The summed E-state index contributed by atoms with van der Waals surface area (Å²) in [6.07, 6.45) is -0.471. The molecule has 4 heterocycles. The number of fused-ring (bicyclic) bond motifs is 3. The van der Waals surface area contributed by atoms with Gasteiger partial charge >= 0.3 is 0 Å². The summed E-state index contributed by atoms with van der Waals surface area (Å²) >= 11 is 1.80. The minimum absolute atomic E-state index is 0.149. The maximum Gasteiger partial charge on any atom is 0.165 e. The number of thioether (sulfide) groups is 1. The van der Waals surface area contributed by atoms with E-state index >= 15 is 0 Å². The Hall–Kier alpha value is -1.13. The standard InChI is InChI=1S/C12H16N4O4S/c17-3-6-8(18)9(19)11(20-6)16-5-13-7-10(16)14-4-15-1-2-21-12(7)15/h4-6,8-9,11-12,17-19H,1-3H2. The fraction of sp³-hybridized carbons (Fsp3) is 0.667. The van der Waals surface area contributed by atoms with Gasteiger partial charge in [-0.2, -0.15) is 0 Å². The molecule has 0 spiro atoms. The summed E-state index contributed by atoms with van der Waals surface area (Å²) in [5, 5.41) is 29.3. The van der Waals surface area contributed by atoms with Gasteiger partial charge in [-0.15, -0.1) is 11.8 Å². The normalized spacial score (nSPS) is 37.9. The summed E-state index contributed by atoms with van der Waals surface area (Å²) in [5.74, 6) is 1.66. The lowest BCUT2D eigenvalue weighted by Gasteiger charge is -2.25. The smallest absolute Gasteiger partial charge is 0.165 e. The van der Waals surface area contributed by atoms with E-state index in [1.165, 1.54) is 0 Å². The zero-order valence-electron chi connectivity index (χ0n) is 11.1. The van der Waals surface area contributed by atoms with Gasteiger partial charge in [-0.1, -0.05) is 0 Å². The Labute approximate surface area is 125 Å². The van der Waals surface area contributed by atoms with Crippen LogP contribution in [0.25, 0.3) is 0 Å². The van der Waals surface area contributed by atoms with E-state index < -0.39 is 24.5 Å². The van der Waals surface area contributed by atoms with E-state index in [0.29, 0.717) is 5.82 Å². The Kier molecular flexibility index (Phi) is 3.19. The molecule has 21 heavy (non-hydrogen) atoms. The highest BCUT2D eigenvalue weighted by Crippen LogP contribution is 2.44. The van der Waals surface area contributed by atoms with E-state index in [4.69, 9.17) is 4.74 Å². The molecule has 5 atom stereocenters. The van der Waals surface area contributed by atoms with Gasteiger partial charge in [0.2, 0.25) is 0 Å². The fourth-order valence-electron chi connectivity index (χ4n) is 2.94. The van der Waals surface area contributed by atoms with Crippen LogP contribution in [-0.4, -0.2) is 73.3 Å². The number of aliphatic hydroxyl groups is 3. The number of nitrogens with zero attached hydrogens (tertiary/aromatic N) is 4. The molecule has 9 heteroatoms. The van der Waals surface area contributed by atoms with Crippen LogP contribution in [0.15, 0.2) is 11.3 Å². The van der Waals surface area contributed by atoms with E-state index in [-0.39, 0.29) is 12.0 Å². The molecule has 2 saturated heterocycles. The lowest BCUT2D eigenvalue weighted by molar-refractivity contribution is -0.0520. The molecular formula is C12H16N4O4S. The van der Waals surface area contributed by atoms with Gasteiger partial charge < -0.3 is 25.0 Å². The quantitative estimate of drug-likeness (QED) is 0.658. The molecule has 0 saturated carbocycles. The summed E-state index contributed by atoms with van der Waals surface area (Å²) in [7, 11) is 0. The van der Waals surface area contributed by atoms with E-state index in [2.05, 4.69) is 14.9 Å². The molecule has 4 rings (SSSR count). The minimum atomic E-state index is -1.12. The zero-order chi connectivity index (χ0) is 14.6. The van der Waals surface area contributed by atoms with E-state index in [1.807, 2.05) is 0 Å². The van der Waals surface area contributed by atoms with E-state index in [0.717, 1.165) is 18.0 Å². The second kappa shape index (κ2) is 4.96. The van der Waals surface area contributed by atoms with Crippen molar-refractivity contribution >= 4 is 23.9 Å². The summed E-state index contributed by atoms with van der Waals surface area (Å²) < 4.78 is 7.17. The van der Waals surface area contributed by atoms with Crippen molar-refractivity contribution in [1.82, 2.24) is 14.5 Å². The molecule has 114 valence electrons. The number of aliphatic hydroxyl groups excluding tert-OH is 3. The van der Waals surface area contributed by atoms with Gasteiger partial charge in [0, 0.05) is 12.3 Å². The van der Waals surface area contributed by atoms with Crippen molar-refractivity contribution < 1.29 is 20.1 Å². The van der Waals surface area contributed by atoms with Crippen LogP contribution in [0, 0.1) is 0 Å². The first-order valence-electron chi connectivity index (χ1n) is 6.81. The van der Waals surface area contributed by atoms with Crippen LogP contribution in [-0.2, 0) is 4.74 Å². The molecule has 0 radical (unpaired) electrons. The second-order valence-corrected chi connectivity index (χ2v) is 6.48. The highest BCUT2D eigenvalue weighted by Gasteiger charge is 2.45. The minimum Gasteiger partial charge on any atom is -0.394 e. The van der Waals surface area contributed by atoms with Crippen LogP contribution in [0.4, 0.5) is 5.82 Å². The number of ether oxygens (including phenoxy) is 1. The van der Waals surface area contributed by atoms with Crippen molar-refractivity contribution in [3.63, 3.8) is 0 Å². The van der Waals surface area contributed by atoms with Gasteiger partial charge in [-0.05, 0) is 0 Å². The average molecular weight is 312 g/mol. The van der Waals surface area contributed by atoms with Crippen LogP contribution in [0.3, 0.4) is 0 Å². The SMILES string of the molecule is OCC1OC(n2cnc3c2N=CN2CCSC32)C(O)C1O. The lowest BCUT2D eigenvalue weighted by atomic mass is 10.1. The molecule has 1 aromatic heterocycles. The van der Waals surface area contributed by atoms with Crippen LogP contribution in [0.1, 0.15) is 17.3 Å². The van der Waals surface area contributed by atoms with E-state index in [9.17, 15) is 15.3 Å². The number of imidazole rings is 1. The van der Waals surface area contributed by atoms with E-state index in [1.54, 1.807) is 29.0 Å².